The highest BCUT2D eigenvalue weighted by Gasteiger charge is 2.51. The molecule has 0 saturated carbocycles. The van der Waals surface area contributed by atoms with Crippen LogP contribution in [-0.2, 0) is 19.1 Å². The van der Waals surface area contributed by atoms with E-state index in [1.54, 1.807) is 6.92 Å². The zero-order chi connectivity index (χ0) is 25.5. The molecule has 2 aliphatic rings. The maximum absolute atomic E-state index is 13.4. The van der Waals surface area contributed by atoms with Gasteiger partial charge in [-0.3, -0.25) is 9.59 Å². The normalized spacial score (nSPS) is 27.1. The van der Waals surface area contributed by atoms with Gasteiger partial charge in [-0.1, -0.05) is 60.3 Å². The van der Waals surface area contributed by atoms with Gasteiger partial charge in [0.05, 0.1) is 34.9 Å². The Balaban J connectivity index is 2.35. The molecule has 2 aliphatic carbocycles. The number of carbonyl (C=O) groups is 2. The topological polar surface area (TPSA) is 113 Å². The number of rotatable bonds is 12. The number of carbonyl (C=O) groups excluding carboxylic acids is 2. The summed E-state index contributed by atoms with van der Waals surface area (Å²) in [5, 5.41) is 32.0. The van der Waals surface area contributed by atoms with Crippen LogP contribution in [0.5, 0.6) is 0 Å². The predicted octanol–water partition coefficient (Wildman–Crippen LogP) is 5.67. The molecule has 7 heteroatoms. The smallest absolute Gasteiger partial charge is 0.312 e. The summed E-state index contributed by atoms with van der Waals surface area (Å²) in [6, 6.07) is 0. The highest BCUT2D eigenvalue weighted by atomic mass is 16.6. The monoisotopic (exact) mass is 480 g/mol. The second kappa shape index (κ2) is 12.6. The molecule has 0 radical (unpaired) electrons. The number of unbranched alkanes of at least 4 members (excludes halogenated alkanes) is 3. The van der Waals surface area contributed by atoms with E-state index in [0.717, 1.165) is 25.7 Å². The molecule has 0 amide bonds. The number of ether oxygens (including phenoxy) is 2. The largest absolute Gasteiger partial charge is 0.512 e. The fourth-order valence-corrected chi connectivity index (χ4v) is 5.31. The molecule has 0 saturated heterocycles. The maximum atomic E-state index is 13.4. The van der Waals surface area contributed by atoms with Gasteiger partial charge in [0.2, 0.25) is 0 Å². The van der Waals surface area contributed by atoms with Crippen molar-refractivity contribution in [3.63, 3.8) is 0 Å². The van der Waals surface area contributed by atoms with Gasteiger partial charge >= 0.3 is 11.9 Å². The zero-order valence-corrected chi connectivity index (χ0v) is 21.5. The van der Waals surface area contributed by atoms with Gasteiger partial charge in [0.15, 0.2) is 0 Å². The summed E-state index contributed by atoms with van der Waals surface area (Å²) in [6.07, 6.45) is 5.09. The van der Waals surface area contributed by atoms with Crippen LogP contribution >= 0.6 is 0 Å². The van der Waals surface area contributed by atoms with Crippen LogP contribution in [0.15, 0.2) is 23.2 Å². The lowest BCUT2D eigenvalue weighted by atomic mass is 9.71. The third-order valence-electron chi connectivity index (χ3n) is 7.70. The molecule has 2 rings (SSSR count). The first kappa shape index (κ1) is 28.2. The highest BCUT2D eigenvalue weighted by Crippen LogP contribution is 2.45. The maximum Gasteiger partial charge on any atom is 0.312 e. The SMILES string of the molecule is CCCCCCC(=O)OC1C(C)C(O)=CC2=C(O)CC(O)C(OC(=O)C(CC)(CC)CCC)C21. The summed E-state index contributed by atoms with van der Waals surface area (Å²) in [5.41, 5.74) is -0.293. The number of esters is 2. The Morgan fingerprint density at radius 2 is 1.68 bits per heavy atom. The van der Waals surface area contributed by atoms with Gasteiger partial charge in [-0.2, -0.15) is 0 Å². The molecule has 3 N–H and O–H groups in total. The molecule has 0 fully saturated rings. The van der Waals surface area contributed by atoms with Crippen LogP contribution in [0.2, 0.25) is 0 Å². The van der Waals surface area contributed by atoms with Crippen molar-refractivity contribution in [1.82, 2.24) is 0 Å². The Bertz CT molecular complexity index is 765. The van der Waals surface area contributed by atoms with E-state index in [9.17, 15) is 24.9 Å². The van der Waals surface area contributed by atoms with Gasteiger partial charge in [-0.25, -0.2) is 0 Å². The van der Waals surface area contributed by atoms with Gasteiger partial charge in [0.1, 0.15) is 12.2 Å². The van der Waals surface area contributed by atoms with Crippen LogP contribution in [-0.4, -0.2) is 45.6 Å². The first-order chi connectivity index (χ1) is 16.1. The van der Waals surface area contributed by atoms with Crippen molar-refractivity contribution in [3.05, 3.63) is 23.2 Å². The van der Waals surface area contributed by atoms with Crippen LogP contribution in [0.4, 0.5) is 0 Å². The fourth-order valence-electron chi connectivity index (χ4n) is 5.31. The van der Waals surface area contributed by atoms with Crippen LogP contribution in [0, 0.1) is 17.3 Å². The Labute approximate surface area is 204 Å². The third kappa shape index (κ3) is 6.15. The van der Waals surface area contributed by atoms with Crippen molar-refractivity contribution in [2.75, 3.05) is 0 Å². The van der Waals surface area contributed by atoms with E-state index in [2.05, 4.69) is 6.92 Å². The summed E-state index contributed by atoms with van der Waals surface area (Å²) < 4.78 is 11.8. The Hall–Kier alpha value is -2.02. The van der Waals surface area contributed by atoms with Gasteiger partial charge in [-0.15, -0.1) is 0 Å². The second-order valence-electron chi connectivity index (χ2n) is 9.93. The van der Waals surface area contributed by atoms with Crippen LogP contribution in [0.25, 0.3) is 0 Å². The minimum atomic E-state index is -1.14. The molecule has 0 heterocycles. The molecule has 0 bridgehead atoms. The van der Waals surface area contributed by atoms with Crippen LogP contribution in [0.3, 0.4) is 0 Å². The lowest BCUT2D eigenvalue weighted by Gasteiger charge is -2.44. The average molecular weight is 481 g/mol. The molecule has 7 nitrogen and oxygen atoms in total. The fraction of sp³-hybridized carbons (Fsp3) is 0.778. The summed E-state index contributed by atoms with van der Waals surface area (Å²) in [6.45, 7) is 9.77. The molecule has 0 aromatic rings. The molecule has 0 aromatic heterocycles. The van der Waals surface area contributed by atoms with Gasteiger partial charge in [0.25, 0.3) is 0 Å². The molecule has 0 spiro atoms. The molecule has 0 aliphatic heterocycles. The number of hydrogen-bond donors (Lipinski definition) is 3. The molecule has 194 valence electrons. The molecule has 5 atom stereocenters. The summed E-state index contributed by atoms with van der Waals surface area (Å²) in [5.74, 6) is -2.19. The van der Waals surface area contributed by atoms with Gasteiger partial charge in [0, 0.05) is 18.4 Å². The van der Waals surface area contributed by atoms with Crippen LogP contribution < -0.4 is 0 Å². The van der Waals surface area contributed by atoms with Gasteiger partial charge in [-0.05, 0) is 31.8 Å². The van der Waals surface area contributed by atoms with E-state index in [1.165, 1.54) is 6.08 Å². The first-order valence-electron chi connectivity index (χ1n) is 13.1. The number of aliphatic hydroxyl groups is 3. The Morgan fingerprint density at radius 1 is 1.00 bits per heavy atom. The summed E-state index contributed by atoms with van der Waals surface area (Å²) >= 11 is 0. The lowest BCUT2D eigenvalue weighted by Crippen LogP contribution is -2.53. The van der Waals surface area contributed by atoms with E-state index in [4.69, 9.17) is 9.47 Å². The first-order valence-corrected chi connectivity index (χ1v) is 13.1. The molecular formula is C27H44O7. The second-order valence-corrected chi connectivity index (χ2v) is 9.93. The van der Waals surface area contributed by atoms with Crippen molar-refractivity contribution in [1.29, 1.82) is 0 Å². The highest BCUT2D eigenvalue weighted by molar-refractivity contribution is 5.77. The lowest BCUT2D eigenvalue weighted by molar-refractivity contribution is -0.182. The summed E-state index contributed by atoms with van der Waals surface area (Å²) in [4.78, 5) is 26.0. The molecule has 5 unspecified atom stereocenters. The zero-order valence-electron chi connectivity index (χ0n) is 21.5. The minimum absolute atomic E-state index is 0.00880. The van der Waals surface area contributed by atoms with E-state index < -0.39 is 41.5 Å². The number of allylic oxidation sites excluding steroid dienone is 1. The Kier molecular flexibility index (Phi) is 10.5. The van der Waals surface area contributed by atoms with Crippen molar-refractivity contribution in [2.45, 2.75) is 117 Å². The Morgan fingerprint density at radius 3 is 2.26 bits per heavy atom. The van der Waals surface area contributed by atoms with Crippen molar-refractivity contribution < 1.29 is 34.4 Å². The molecule has 0 aromatic carbocycles. The van der Waals surface area contributed by atoms with E-state index >= 15 is 0 Å². The van der Waals surface area contributed by atoms with Gasteiger partial charge < -0.3 is 24.8 Å². The third-order valence-corrected chi connectivity index (χ3v) is 7.70. The number of fused-ring (bicyclic) bond motifs is 1. The molecular weight excluding hydrogens is 436 g/mol. The van der Waals surface area contributed by atoms with E-state index in [0.29, 0.717) is 31.3 Å². The van der Waals surface area contributed by atoms with E-state index in [-0.39, 0.29) is 30.3 Å². The summed E-state index contributed by atoms with van der Waals surface area (Å²) in [7, 11) is 0. The van der Waals surface area contributed by atoms with Crippen molar-refractivity contribution in [2.24, 2.45) is 17.3 Å². The van der Waals surface area contributed by atoms with Crippen LogP contribution in [0.1, 0.15) is 98.8 Å². The molecule has 34 heavy (non-hydrogen) atoms. The van der Waals surface area contributed by atoms with Crippen molar-refractivity contribution >= 4 is 11.9 Å². The predicted molar refractivity (Wildman–Crippen MR) is 130 cm³/mol. The standard InChI is InChI=1S/C27H44O7/c1-6-10-11-12-13-22(31)33-24-17(5)19(28)15-18-20(29)16-21(30)25(23(18)24)34-26(32)27(8-3,9-4)14-7-2/h15,17,21,23-25,28-30H,6-14,16H2,1-5H3. The van der Waals surface area contributed by atoms with Crippen molar-refractivity contribution in [3.8, 4) is 0 Å². The quantitative estimate of drug-likeness (QED) is 0.243. The average Bonchev–Trinajstić information content (AvgIpc) is 2.80. The van der Waals surface area contributed by atoms with E-state index in [1.807, 2.05) is 20.8 Å². The number of aliphatic hydroxyl groups excluding tert-OH is 3. The minimum Gasteiger partial charge on any atom is -0.512 e. The number of hydrogen-bond acceptors (Lipinski definition) is 7.